The van der Waals surface area contributed by atoms with Gasteiger partial charge in [-0.15, -0.1) is 0 Å². The molecule has 106 valence electrons. The van der Waals surface area contributed by atoms with E-state index in [1.807, 2.05) is 0 Å². The van der Waals surface area contributed by atoms with Crippen LogP contribution < -0.4 is 10.6 Å². The highest BCUT2D eigenvalue weighted by Gasteiger charge is 2.21. The molecule has 18 heavy (non-hydrogen) atoms. The Labute approximate surface area is 110 Å². The fourth-order valence-corrected chi connectivity index (χ4v) is 2.18. The van der Waals surface area contributed by atoms with E-state index in [0.29, 0.717) is 31.8 Å². The second-order valence-electron chi connectivity index (χ2n) is 4.73. The minimum absolute atomic E-state index is 0.0329. The quantitative estimate of drug-likeness (QED) is 0.629. The van der Waals surface area contributed by atoms with Crippen LogP contribution in [0, 0.1) is 0 Å². The lowest BCUT2D eigenvalue weighted by atomic mass is 10.0. The molecule has 2 atom stereocenters. The number of carbonyl (C=O) groups excluding carboxylic acids is 1. The number of nitrogens with one attached hydrogen (secondary N) is 2. The second-order valence-corrected chi connectivity index (χ2v) is 4.73. The lowest BCUT2D eigenvalue weighted by molar-refractivity contribution is -0.120. The lowest BCUT2D eigenvalue weighted by Crippen LogP contribution is -2.44. The van der Waals surface area contributed by atoms with E-state index in [4.69, 9.17) is 9.47 Å². The molecular weight excluding hydrogens is 232 g/mol. The number of carbonyl (C=O) groups is 1. The first kappa shape index (κ1) is 15.4. The summed E-state index contributed by atoms with van der Waals surface area (Å²) < 4.78 is 10.6. The predicted molar refractivity (Wildman–Crippen MR) is 70.6 cm³/mol. The number of hydrogen-bond donors (Lipinski definition) is 2. The molecule has 0 aromatic carbocycles. The average molecular weight is 258 g/mol. The Hall–Kier alpha value is -0.650. The van der Waals surface area contributed by atoms with E-state index in [9.17, 15) is 4.79 Å². The fourth-order valence-electron chi connectivity index (χ4n) is 2.18. The van der Waals surface area contributed by atoms with Crippen molar-refractivity contribution in [2.75, 3.05) is 33.4 Å². The first-order chi connectivity index (χ1) is 8.76. The molecule has 1 saturated heterocycles. The van der Waals surface area contributed by atoms with Crippen molar-refractivity contribution in [2.45, 2.75) is 44.8 Å². The van der Waals surface area contributed by atoms with E-state index < -0.39 is 0 Å². The molecule has 5 heteroatoms. The molecule has 0 aromatic rings. The van der Waals surface area contributed by atoms with Crippen molar-refractivity contribution in [3.63, 3.8) is 0 Å². The summed E-state index contributed by atoms with van der Waals surface area (Å²) in [5.41, 5.74) is 0. The minimum Gasteiger partial charge on any atom is -0.383 e. The molecule has 0 spiro atoms. The average Bonchev–Trinajstić information content (AvgIpc) is 2.38. The molecule has 1 fully saturated rings. The normalized spacial score (nSPS) is 23.9. The van der Waals surface area contributed by atoms with Gasteiger partial charge in [0.25, 0.3) is 0 Å². The summed E-state index contributed by atoms with van der Waals surface area (Å²) >= 11 is 0. The molecule has 0 aromatic heterocycles. The number of methoxy groups -OCH3 is 1. The van der Waals surface area contributed by atoms with Crippen LogP contribution >= 0.6 is 0 Å². The van der Waals surface area contributed by atoms with Gasteiger partial charge in [-0.1, -0.05) is 13.3 Å². The molecule has 0 aliphatic carbocycles. The highest BCUT2D eigenvalue weighted by atomic mass is 16.5. The molecular formula is C13H26N2O3. The van der Waals surface area contributed by atoms with E-state index in [1.165, 1.54) is 0 Å². The highest BCUT2D eigenvalue weighted by molar-refractivity contribution is 5.77. The first-order valence-electron chi connectivity index (χ1n) is 6.86. The van der Waals surface area contributed by atoms with E-state index in [1.54, 1.807) is 7.11 Å². The Kier molecular flexibility index (Phi) is 7.96. The monoisotopic (exact) mass is 258 g/mol. The molecule has 1 rings (SSSR count). The Morgan fingerprint density at radius 2 is 2.33 bits per heavy atom. The van der Waals surface area contributed by atoms with E-state index >= 15 is 0 Å². The smallest absolute Gasteiger partial charge is 0.234 e. The van der Waals surface area contributed by atoms with E-state index in [-0.39, 0.29) is 5.91 Å². The van der Waals surface area contributed by atoms with Crippen molar-refractivity contribution in [1.82, 2.24) is 10.6 Å². The molecule has 0 bridgehead atoms. The van der Waals surface area contributed by atoms with Crippen molar-refractivity contribution in [3.05, 3.63) is 0 Å². The van der Waals surface area contributed by atoms with Crippen LogP contribution in [0.5, 0.6) is 0 Å². The zero-order chi connectivity index (χ0) is 13.2. The molecule has 0 radical (unpaired) electrons. The molecule has 2 N–H and O–H groups in total. The first-order valence-corrected chi connectivity index (χ1v) is 6.86. The summed E-state index contributed by atoms with van der Waals surface area (Å²) in [6, 6.07) is 0.406. The summed E-state index contributed by atoms with van der Waals surface area (Å²) in [5, 5.41) is 6.11. The lowest BCUT2D eigenvalue weighted by Gasteiger charge is -2.30. The highest BCUT2D eigenvalue weighted by Crippen LogP contribution is 2.17. The van der Waals surface area contributed by atoms with Gasteiger partial charge in [0, 0.05) is 26.3 Å². The second kappa shape index (κ2) is 9.30. The number of hydrogen-bond acceptors (Lipinski definition) is 4. The van der Waals surface area contributed by atoms with Crippen LogP contribution in [0.1, 0.15) is 32.6 Å². The van der Waals surface area contributed by atoms with Crippen molar-refractivity contribution in [3.8, 4) is 0 Å². The van der Waals surface area contributed by atoms with Gasteiger partial charge >= 0.3 is 0 Å². The third-order valence-corrected chi connectivity index (χ3v) is 3.16. The van der Waals surface area contributed by atoms with Crippen LogP contribution in [0.15, 0.2) is 0 Å². The summed E-state index contributed by atoms with van der Waals surface area (Å²) in [6.07, 6.45) is 4.62. The van der Waals surface area contributed by atoms with Crippen molar-refractivity contribution < 1.29 is 14.3 Å². The summed E-state index contributed by atoms with van der Waals surface area (Å²) in [7, 11) is 1.63. The standard InChI is InChI=1S/C13H26N2O3/c1-3-4-12-9-11(5-7-18-12)15-10-13(16)14-6-8-17-2/h11-12,15H,3-10H2,1-2H3,(H,14,16). The maximum Gasteiger partial charge on any atom is 0.234 e. The maximum absolute atomic E-state index is 11.5. The Balaban J connectivity index is 2.12. The van der Waals surface area contributed by atoms with Crippen LogP contribution in [-0.2, 0) is 14.3 Å². The SMILES string of the molecule is CCCC1CC(NCC(=O)NCCOC)CCO1. The van der Waals surface area contributed by atoms with Crippen LogP contribution in [0.2, 0.25) is 0 Å². The predicted octanol–water partition coefficient (Wildman–Crippen LogP) is 0.686. The summed E-state index contributed by atoms with van der Waals surface area (Å²) in [4.78, 5) is 11.5. The maximum atomic E-state index is 11.5. The number of rotatable bonds is 8. The minimum atomic E-state index is 0.0329. The largest absolute Gasteiger partial charge is 0.383 e. The van der Waals surface area contributed by atoms with Gasteiger partial charge in [-0.3, -0.25) is 4.79 Å². The molecule has 5 nitrogen and oxygen atoms in total. The van der Waals surface area contributed by atoms with Crippen LogP contribution in [0.3, 0.4) is 0 Å². The van der Waals surface area contributed by atoms with Gasteiger partial charge in [0.1, 0.15) is 0 Å². The van der Waals surface area contributed by atoms with E-state index in [0.717, 1.165) is 32.3 Å². The zero-order valence-corrected chi connectivity index (χ0v) is 11.5. The van der Waals surface area contributed by atoms with E-state index in [2.05, 4.69) is 17.6 Å². The molecule has 2 unspecified atom stereocenters. The fraction of sp³-hybridized carbons (Fsp3) is 0.923. The van der Waals surface area contributed by atoms with Gasteiger partial charge < -0.3 is 20.1 Å². The van der Waals surface area contributed by atoms with Gasteiger partial charge in [0.15, 0.2) is 0 Å². The molecule has 0 saturated carbocycles. The molecule has 1 amide bonds. The van der Waals surface area contributed by atoms with Gasteiger partial charge in [-0.25, -0.2) is 0 Å². The molecule has 1 aliphatic rings. The van der Waals surface area contributed by atoms with Crippen molar-refractivity contribution in [1.29, 1.82) is 0 Å². The Bertz CT molecular complexity index is 234. The number of amides is 1. The van der Waals surface area contributed by atoms with Crippen LogP contribution in [0.25, 0.3) is 0 Å². The van der Waals surface area contributed by atoms with Crippen molar-refractivity contribution >= 4 is 5.91 Å². The summed E-state index contributed by atoms with van der Waals surface area (Å²) in [5.74, 6) is 0.0329. The number of ether oxygens (including phenoxy) is 2. The van der Waals surface area contributed by atoms with Gasteiger partial charge in [-0.2, -0.15) is 0 Å². The van der Waals surface area contributed by atoms with Gasteiger partial charge in [-0.05, 0) is 19.3 Å². The third kappa shape index (κ3) is 6.33. The molecule has 1 heterocycles. The molecule has 1 aliphatic heterocycles. The van der Waals surface area contributed by atoms with Crippen molar-refractivity contribution in [2.24, 2.45) is 0 Å². The Morgan fingerprint density at radius 3 is 3.06 bits per heavy atom. The topological polar surface area (TPSA) is 59.6 Å². The summed E-state index contributed by atoms with van der Waals surface area (Å²) in [6.45, 7) is 4.48. The van der Waals surface area contributed by atoms with Gasteiger partial charge in [0.05, 0.1) is 19.3 Å². The Morgan fingerprint density at radius 1 is 1.50 bits per heavy atom. The zero-order valence-electron chi connectivity index (χ0n) is 11.5. The van der Waals surface area contributed by atoms with Crippen LogP contribution in [0.4, 0.5) is 0 Å². The van der Waals surface area contributed by atoms with Crippen LogP contribution in [-0.4, -0.2) is 51.5 Å². The third-order valence-electron chi connectivity index (χ3n) is 3.16. The van der Waals surface area contributed by atoms with Gasteiger partial charge in [0.2, 0.25) is 5.91 Å².